The summed E-state index contributed by atoms with van der Waals surface area (Å²) >= 11 is 0. The molecule has 4 nitrogen and oxygen atoms in total. The third kappa shape index (κ3) is 2.79. The van der Waals surface area contributed by atoms with Gasteiger partial charge in [-0.05, 0) is 30.9 Å². The fourth-order valence-electron chi connectivity index (χ4n) is 1.72. The number of aromatic nitrogens is 1. The van der Waals surface area contributed by atoms with Crippen LogP contribution < -0.4 is 5.32 Å². The number of hydrogen-bond donors (Lipinski definition) is 1. The van der Waals surface area contributed by atoms with E-state index < -0.39 is 0 Å². The maximum absolute atomic E-state index is 11.5. The van der Waals surface area contributed by atoms with Crippen LogP contribution in [0.25, 0.3) is 0 Å². The Morgan fingerprint density at radius 1 is 1.62 bits per heavy atom. The van der Waals surface area contributed by atoms with Gasteiger partial charge < -0.3 is 4.74 Å². The molecule has 1 fully saturated rings. The molecule has 1 saturated carbocycles. The number of methoxy groups -OCH3 is 1. The second-order valence-electron chi connectivity index (χ2n) is 4.04. The van der Waals surface area contributed by atoms with Gasteiger partial charge in [0.1, 0.15) is 6.04 Å². The standard InChI is InChI=1S/C12H16N2O2/c1-16-12(15)11(9-5-6-9)14-8-10-4-2-3-7-13-10/h2-4,7,9,11,14H,5-6,8H2,1H3. The van der Waals surface area contributed by atoms with Gasteiger partial charge in [0.15, 0.2) is 0 Å². The van der Waals surface area contributed by atoms with Gasteiger partial charge in [-0.1, -0.05) is 6.07 Å². The van der Waals surface area contributed by atoms with Crippen molar-refractivity contribution in [2.45, 2.75) is 25.4 Å². The van der Waals surface area contributed by atoms with E-state index in [-0.39, 0.29) is 12.0 Å². The van der Waals surface area contributed by atoms with Crippen molar-refractivity contribution in [2.75, 3.05) is 7.11 Å². The van der Waals surface area contributed by atoms with Crippen LogP contribution in [0.2, 0.25) is 0 Å². The molecular weight excluding hydrogens is 204 g/mol. The number of nitrogens with zero attached hydrogens (tertiary/aromatic N) is 1. The Labute approximate surface area is 95.0 Å². The Balaban J connectivity index is 1.89. The average molecular weight is 220 g/mol. The van der Waals surface area contributed by atoms with Gasteiger partial charge in [-0.3, -0.25) is 15.1 Å². The molecule has 86 valence electrons. The molecule has 1 unspecified atom stereocenters. The fourth-order valence-corrected chi connectivity index (χ4v) is 1.72. The molecule has 4 heteroatoms. The topological polar surface area (TPSA) is 51.2 Å². The molecule has 2 rings (SSSR count). The number of carbonyl (C=O) groups is 1. The van der Waals surface area contributed by atoms with Gasteiger partial charge in [0.2, 0.25) is 0 Å². The van der Waals surface area contributed by atoms with Crippen LogP contribution in [0.15, 0.2) is 24.4 Å². The Kier molecular flexibility index (Phi) is 3.51. The third-order valence-corrected chi connectivity index (χ3v) is 2.78. The Morgan fingerprint density at radius 2 is 2.44 bits per heavy atom. The van der Waals surface area contributed by atoms with E-state index in [4.69, 9.17) is 4.74 Å². The van der Waals surface area contributed by atoms with Gasteiger partial charge in [0.05, 0.1) is 12.8 Å². The van der Waals surface area contributed by atoms with Gasteiger partial charge in [-0.2, -0.15) is 0 Å². The van der Waals surface area contributed by atoms with Gasteiger partial charge in [0, 0.05) is 12.7 Å². The van der Waals surface area contributed by atoms with Crippen molar-refractivity contribution in [3.63, 3.8) is 0 Å². The quantitative estimate of drug-likeness (QED) is 0.756. The van der Waals surface area contributed by atoms with E-state index in [1.165, 1.54) is 7.11 Å². The molecule has 1 aliphatic rings. The zero-order valence-electron chi connectivity index (χ0n) is 9.35. The van der Waals surface area contributed by atoms with Crippen LogP contribution in [-0.2, 0) is 16.1 Å². The highest BCUT2D eigenvalue weighted by Crippen LogP contribution is 2.33. The van der Waals surface area contributed by atoms with Crippen molar-refractivity contribution in [3.8, 4) is 0 Å². The molecule has 1 aromatic rings. The zero-order valence-corrected chi connectivity index (χ0v) is 9.35. The SMILES string of the molecule is COC(=O)C(NCc1ccccn1)C1CC1. The van der Waals surface area contributed by atoms with E-state index >= 15 is 0 Å². The minimum absolute atomic E-state index is 0.168. The van der Waals surface area contributed by atoms with Gasteiger partial charge in [-0.25, -0.2) is 0 Å². The van der Waals surface area contributed by atoms with Crippen LogP contribution in [0.1, 0.15) is 18.5 Å². The maximum atomic E-state index is 11.5. The lowest BCUT2D eigenvalue weighted by atomic mass is 10.2. The summed E-state index contributed by atoms with van der Waals surface area (Å²) in [6.07, 6.45) is 3.96. The van der Waals surface area contributed by atoms with Crippen molar-refractivity contribution in [2.24, 2.45) is 5.92 Å². The van der Waals surface area contributed by atoms with Crippen LogP contribution in [0.5, 0.6) is 0 Å². The van der Waals surface area contributed by atoms with E-state index in [0.717, 1.165) is 18.5 Å². The largest absolute Gasteiger partial charge is 0.468 e. The predicted octanol–water partition coefficient (Wildman–Crippen LogP) is 1.12. The lowest BCUT2D eigenvalue weighted by Gasteiger charge is -2.15. The van der Waals surface area contributed by atoms with Gasteiger partial charge >= 0.3 is 5.97 Å². The minimum atomic E-state index is -0.174. The molecule has 0 aliphatic heterocycles. The molecule has 0 saturated heterocycles. The number of pyridine rings is 1. The van der Waals surface area contributed by atoms with E-state index in [0.29, 0.717) is 12.5 Å². The van der Waals surface area contributed by atoms with Crippen molar-refractivity contribution >= 4 is 5.97 Å². The first-order valence-corrected chi connectivity index (χ1v) is 5.52. The van der Waals surface area contributed by atoms with Crippen LogP contribution in [0.4, 0.5) is 0 Å². The summed E-state index contributed by atoms with van der Waals surface area (Å²) < 4.78 is 4.78. The monoisotopic (exact) mass is 220 g/mol. The Hall–Kier alpha value is -1.42. The first kappa shape index (κ1) is 11.1. The van der Waals surface area contributed by atoms with Crippen LogP contribution in [-0.4, -0.2) is 24.1 Å². The van der Waals surface area contributed by atoms with E-state index in [1.54, 1.807) is 6.20 Å². The van der Waals surface area contributed by atoms with Crippen LogP contribution in [0, 0.1) is 5.92 Å². The summed E-state index contributed by atoms with van der Waals surface area (Å²) in [5.41, 5.74) is 0.942. The van der Waals surface area contributed by atoms with Crippen LogP contribution >= 0.6 is 0 Å². The van der Waals surface area contributed by atoms with Crippen molar-refractivity contribution in [1.29, 1.82) is 0 Å². The lowest BCUT2D eigenvalue weighted by molar-refractivity contribution is -0.143. The van der Waals surface area contributed by atoms with Crippen molar-refractivity contribution < 1.29 is 9.53 Å². The molecule has 1 atom stereocenters. The molecule has 0 amide bonds. The molecule has 1 N–H and O–H groups in total. The fraction of sp³-hybridized carbons (Fsp3) is 0.500. The Morgan fingerprint density at radius 3 is 3.00 bits per heavy atom. The highest BCUT2D eigenvalue weighted by molar-refractivity contribution is 5.76. The highest BCUT2D eigenvalue weighted by Gasteiger charge is 2.36. The number of nitrogens with one attached hydrogen (secondary N) is 1. The average Bonchev–Trinajstić information content (AvgIpc) is 3.15. The summed E-state index contributed by atoms with van der Waals surface area (Å²) in [4.78, 5) is 15.7. The summed E-state index contributed by atoms with van der Waals surface area (Å²) in [6.45, 7) is 0.608. The molecule has 0 aromatic carbocycles. The van der Waals surface area contributed by atoms with Crippen LogP contribution in [0.3, 0.4) is 0 Å². The summed E-state index contributed by atoms with van der Waals surface area (Å²) in [6, 6.07) is 5.58. The zero-order chi connectivity index (χ0) is 11.4. The summed E-state index contributed by atoms with van der Waals surface area (Å²) in [5, 5.41) is 3.21. The number of rotatable bonds is 5. The number of ether oxygens (including phenoxy) is 1. The van der Waals surface area contributed by atoms with Gasteiger partial charge in [0.25, 0.3) is 0 Å². The molecule has 0 radical (unpaired) electrons. The van der Waals surface area contributed by atoms with E-state index in [9.17, 15) is 4.79 Å². The molecule has 1 heterocycles. The molecule has 0 bridgehead atoms. The van der Waals surface area contributed by atoms with Gasteiger partial charge in [-0.15, -0.1) is 0 Å². The van der Waals surface area contributed by atoms with E-state index in [2.05, 4.69) is 10.3 Å². The normalized spacial score (nSPS) is 16.8. The molecule has 1 aromatic heterocycles. The number of carbonyl (C=O) groups excluding carboxylic acids is 1. The lowest BCUT2D eigenvalue weighted by Crippen LogP contribution is -2.39. The third-order valence-electron chi connectivity index (χ3n) is 2.78. The van der Waals surface area contributed by atoms with E-state index in [1.807, 2.05) is 18.2 Å². The molecular formula is C12H16N2O2. The first-order chi connectivity index (χ1) is 7.81. The second-order valence-corrected chi connectivity index (χ2v) is 4.04. The van der Waals surface area contributed by atoms with Crippen molar-refractivity contribution in [1.82, 2.24) is 10.3 Å². The predicted molar refractivity (Wildman–Crippen MR) is 59.6 cm³/mol. The Bertz CT molecular complexity index is 349. The molecule has 1 aliphatic carbocycles. The summed E-state index contributed by atoms with van der Waals surface area (Å²) in [7, 11) is 1.43. The number of hydrogen-bond acceptors (Lipinski definition) is 4. The molecule has 16 heavy (non-hydrogen) atoms. The van der Waals surface area contributed by atoms with Crippen molar-refractivity contribution in [3.05, 3.63) is 30.1 Å². The minimum Gasteiger partial charge on any atom is -0.468 e. The first-order valence-electron chi connectivity index (χ1n) is 5.52. The maximum Gasteiger partial charge on any atom is 0.323 e. The highest BCUT2D eigenvalue weighted by atomic mass is 16.5. The smallest absolute Gasteiger partial charge is 0.323 e. The summed E-state index contributed by atoms with van der Waals surface area (Å²) in [5.74, 6) is 0.273. The molecule has 0 spiro atoms. The number of esters is 1. The second kappa shape index (κ2) is 5.07.